The number of urea groups is 1. The van der Waals surface area contributed by atoms with Crippen LogP contribution >= 0.6 is 0 Å². The average Bonchev–Trinajstić information content (AvgIpc) is 3.28. The molecule has 1 saturated carbocycles. The fourth-order valence-corrected chi connectivity index (χ4v) is 5.02. The maximum atomic E-state index is 13.4. The number of ether oxygens (including phenoxy) is 1. The average molecular weight is 423 g/mol. The van der Waals surface area contributed by atoms with Crippen LogP contribution < -0.4 is 10.6 Å². The summed E-state index contributed by atoms with van der Waals surface area (Å²) in [6.07, 6.45) is 4.37. The number of nitrogens with zero attached hydrogens (tertiary/aromatic N) is 2. The molecule has 2 heterocycles. The van der Waals surface area contributed by atoms with E-state index in [1.54, 1.807) is 6.92 Å². The lowest BCUT2D eigenvalue weighted by molar-refractivity contribution is -0.145. The van der Waals surface area contributed by atoms with E-state index in [4.69, 9.17) is 4.74 Å². The van der Waals surface area contributed by atoms with Crippen molar-refractivity contribution in [3.05, 3.63) is 0 Å². The molecule has 1 unspecified atom stereocenters. The Bertz CT molecular complexity index is 674. The molecule has 0 aromatic heterocycles. The number of hydrogen-bond donors (Lipinski definition) is 2. The number of imide groups is 1. The zero-order valence-electron chi connectivity index (χ0n) is 18.1. The van der Waals surface area contributed by atoms with Crippen LogP contribution in [0, 0.1) is 5.92 Å². The number of esters is 1. The smallest absolute Gasteiger partial charge is 0.322 e. The second-order valence-corrected chi connectivity index (χ2v) is 8.53. The van der Waals surface area contributed by atoms with Crippen molar-refractivity contribution in [2.24, 2.45) is 5.92 Å². The van der Waals surface area contributed by atoms with Crippen molar-refractivity contribution in [3.63, 3.8) is 0 Å². The highest BCUT2D eigenvalue weighted by atomic mass is 16.5. The molecule has 2 aliphatic heterocycles. The molecule has 1 aliphatic carbocycles. The van der Waals surface area contributed by atoms with E-state index in [1.807, 2.05) is 4.90 Å². The molecule has 3 aliphatic rings. The number of rotatable bonds is 8. The minimum Gasteiger partial charge on any atom is -0.466 e. The summed E-state index contributed by atoms with van der Waals surface area (Å²) in [5, 5.41) is 5.05. The fourth-order valence-electron chi connectivity index (χ4n) is 5.02. The molecule has 2 saturated heterocycles. The summed E-state index contributed by atoms with van der Waals surface area (Å²) in [6.45, 7) is 7.19. The summed E-state index contributed by atoms with van der Waals surface area (Å²) in [5.74, 6) is -0.731. The van der Waals surface area contributed by atoms with Crippen LogP contribution in [0.5, 0.6) is 0 Å². The van der Waals surface area contributed by atoms with Crippen molar-refractivity contribution < 1.29 is 23.9 Å². The molecule has 9 nitrogen and oxygen atoms in total. The molecule has 4 amide bonds. The molecule has 0 aromatic rings. The van der Waals surface area contributed by atoms with Crippen molar-refractivity contribution in [1.29, 1.82) is 0 Å². The number of carbonyl (C=O) groups excluding carboxylic acids is 4. The Kier molecular flexibility index (Phi) is 7.33. The normalized spacial score (nSPS) is 29.0. The largest absolute Gasteiger partial charge is 0.466 e. The van der Waals surface area contributed by atoms with Gasteiger partial charge in [0.25, 0.3) is 5.91 Å². The first-order valence-corrected chi connectivity index (χ1v) is 11.2. The lowest BCUT2D eigenvalue weighted by Gasteiger charge is -2.37. The van der Waals surface area contributed by atoms with Gasteiger partial charge >= 0.3 is 12.0 Å². The molecule has 168 valence electrons. The molecule has 0 radical (unpaired) electrons. The van der Waals surface area contributed by atoms with Crippen molar-refractivity contribution in [2.45, 2.75) is 70.4 Å². The third-order valence-corrected chi connectivity index (χ3v) is 6.74. The van der Waals surface area contributed by atoms with E-state index >= 15 is 0 Å². The maximum absolute atomic E-state index is 13.4. The van der Waals surface area contributed by atoms with E-state index < -0.39 is 11.6 Å². The number of hydrogen-bond acceptors (Lipinski definition) is 6. The highest BCUT2D eigenvalue weighted by Crippen LogP contribution is 2.35. The highest BCUT2D eigenvalue weighted by Gasteiger charge is 2.49. The molecular formula is C21H34N4O5. The lowest BCUT2D eigenvalue weighted by Crippen LogP contribution is -2.52. The third-order valence-electron chi connectivity index (χ3n) is 6.74. The van der Waals surface area contributed by atoms with E-state index in [0.717, 1.165) is 25.9 Å². The van der Waals surface area contributed by atoms with Gasteiger partial charge in [-0.3, -0.25) is 24.6 Å². The predicted octanol–water partition coefficient (Wildman–Crippen LogP) is 1.02. The van der Waals surface area contributed by atoms with E-state index in [2.05, 4.69) is 22.5 Å². The van der Waals surface area contributed by atoms with Gasteiger partial charge in [-0.2, -0.15) is 0 Å². The number of nitrogens with one attached hydrogen (secondary N) is 2. The monoisotopic (exact) mass is 422 g/mol. The summed E-state index contributed by atoms with van der Waals surface area (Å²) >= 11 is 0. The molecule has 30 heavy (non-hydrogen) atoms. The number of carbonyl (C=O) groups is 4. The second-order valence-electron chi connectivity index (χ2n) is 8.53. The topological polar surface area (TPSA) is 108 Å². The van der Waals surface area contributed by atoms with Gasteiger partial charge in [-0.15, -0.1) is 0 Å². The molecule has 0 bridgehead atoms. The lowest BCUT2D eigenvalue weighted by atomic mass is 9.76. The predicted molar refractivity (Wildman–Crippen MR) is 109 cm³/mol. The van der Waals surface area contributed by atoms with Gasteiger partial charge in [0.15, 0.2) is 0 Å². The van der Waals surface area contributed by atoms with Crippen LogP contribution in [-0.4, -0.2) is 78.0 Å². The maximum Gasteiger partial charge on any atom is 0.322 e. The Morgan fingerprint density at radius 2 is 1.93 bits per heavy atom. The van der Waals surface area contributed by atoms with Crippen molar-refractivity contribution >= 4 is 23.8 Å². The molecule has 9 heteroatoms. The van der Waals surface area contributed by atoms with Crippen LogP contribution in [0.15, 0.2) is 0 Å². The molecule has 0 aromatic carbocycles. The number of amides is 4. The first-order chi connectivity index (χ1) is 14.4. The van der Waals surface area contributed by atoms with Gasteiger partial charge in [0.2, 0.25) is 5.91 Å². The third kappa shape index (κ3) is 4.94. The summed E-state index contributed by atoms with van der Waals surface area (Å²) < 4.78 is 5.04. The zero-order chi connectivity index (χ0) is 21.7. The second kappa shape index (κ2) is 9.76. The summed E-state index contributed by atoms with van der Waals surface area (Å²) in [6, 6.07) is -0.141. The highest BCUT2D eigenvalue weighted by molar-refractivity contribution is 6.07. The van der Waals surface area contributed by atoms with E-state index in [1.165, 1.54) is 0 Å². The minimum absolute atomic E-state index is 0.0434. The first kappa shape index (κ1) is 22.5. The molecule has 3 fully saturated rings. The van der Waals surface area contributed by atoms with Gasteiger partial charge in [-0.05, 0) is 58.5 Å². The Balaban J connectivity index is 1.63. The van der Waals surface area contributed by atoms with Crippen LogP contribution in [-0.2, 0) is 19.1 Å². The van der Waals surface area contributed by atoms with Crippen LogP contribution in [0.3, 0.4) is 0 Å². The summed E-state index contributed by atoms with van der Waals surface area (Å²) in [4.78, 5) is 53.2. The molecule has 1 spiro atoms. The van der Waals surface area contributed by atoms with Gasteiger partial charge in [-0.1, -0.05) is 6.92 Å². The molecule has 2 N–H and O–H groups in total. The number of likely N-dealkylation sites (N-methyl/N-ethyl adjacent to an activating group) is 1. The first-order valence-electron chi connectivity index (χ1n) is 11.2. The van der Waals surface area contributed by atoms with Crippen molar-refractivity contribution in [1.82, 2.24) is 20.4 Å². The standard InChI is InChI=1S/C21H34N4O5/c1-3-24-12-5-6-16(24)14-25(13-9-17(26)30-4-2)18(27)15-7-10-21(11-8-15)19(28)22-20(29)23-21/h15-16H,3-14H2,1-2H3,(H2,22,23,28,29). The quantitative estimate of drug-likeness (QED) is 0.447. The Hall–Kier alpha value is -2.16. The van der Waals surface area contributed by atoms with E-state index in [0.29, 0.717) is 51.4 Å². The fraction of sp³-hybridized carbons (Fsp3) is 0.810. The molecular weight excluding hydrogens is 388 g/mol. The van der Waals surface area contributed by atoms with Crippen LogP contribution in [0.25, 0.3) is 0 Å². The Labute approximate surface area is 177 Å². The Morgan fingerprint density at radius 1 is 1.20 bits per heavy atom. The zero-order valence-corrected chi connectivity index (χ0v) is 18.1. The van der Waals surface area contributed by atoms with Gasteiger partial charge in [0, 0.05) is 25.0 Å². The summed E-state index contributed by atoms with van der Waals surface area (Å²) in [7, 11) is 0. The number of likely N-dealkylation sites (tertiary alicyclic amines) is 1. The van der Waals surface area contributed by atoms with Gasteiger partial charge in [0.05, 0.1) is 13.0 Å². The van der Waals surface area contributed by atoms with Crippen molar-refractivity contribution in [3.8, 4) is 0 Å². The Morgan fingerprint density at radius 3 is 2.53 bits per heavy atom. The SMILES string of the molecule is CCOC(=O)CCN(CC1CCCN1CC)C(=O)C1CCC2(CC1)NC(=O)NC2=O. The van der Waals surface area contributed by atoms with Crippen LogP contribution in [0.4, 0.5) is 4.79 Å². The minimum atomic E-state index is -0.867. The van der Waals surface area contributed by atoms with Crippen LogP contribution in [0.2, 0.25) is 0 Å². The van der Waals surface area contributed by atoms with Crippen molar-refractivity contribution in [2.75, 3.05) is 32.8 Å². The molecule has 3 rings (SSSR count). The van der Waals surface area contributed by atoms with Gasteiger partial charge in [0.1, 0.15) is 5.54 Å². The van der Waals surface area contributed by atoms with E-state index in [-0.39, 0.29) is 30.1 Å². The molecule has 1 atom stereocenters. The van der Waals surface area contributed by atoms with Crippen LogP contribution in [0.1, 0.15) is 58.8 Å². The van der Waals surface area contributed by atoms with Gasteiger partial charge in [-0.25, -0.2) is 4.79 Å². The van der Waals surface area contributed by atoms with Gasteiger partial charge < -0.3 is 15.0 Å². The summed E-state index contributed by atoms with van der Waals surface area (Å²) in [5.41, 5.74) is -0.867. The van der Waals surface area contributed by atoms with E-state index in [9.17, 15) is 19.2 Å².